The van der Waals surface area contributed by atoms with Gasteiger partial charge >= 0.3 is 0 Å². The summed E-state index contributed by atoms with van der Waals surface area (Å²) in [6.45, 7) is 3.78. The van der Waals surface area contributed by atoms with Crippen molar-refractivity contribution < 1.29 is 0 Å². The van der Waals surface area contributed by atoms with Crippen molar-refractivity contribution in [3.05, 3.63) is 23.9 Å². The first-order valence-electron chi connectivity index (χ1n) is 5.20. The number of nitrogens with one attached hydrogen (secondary N) is 1. The third-order valence-electron chi connectivity index (χ3n) is 2.08. The molecule has 1 aromatic heterocycles. The zero-order chi connectivity index (χ0) is 10.2. The van der Waals surface area contributed by atoms with Crippen LogP contribution in [0.4, 0.5) is 5.82 Å². The summed E-state index contributed by atoms with van der Waals surface area (Å²) in [5.74, 6) is 0.970. The second-order valence-corrected chi connectivity index (χ2v) is 3.44. The van der Waals surface area contributed by atoms with Gasteiger partial charge in [0, 0.05) is 12.2 Å². The van der Waals surface area contributed by atoms with Crippen molar-refractivity contribution in [2.24, 2.45) is 5.73 Å². The molecule has 0 aliphatic rings. The lowest BCUT2D eigenvalue weighted by molar-refractivity contribution is 0.706. The average Bonchev–Trinajstić information content (AvgIpc) is 2.18. The quantitative estimate of drug-likeness (QED) is 0.679. The van der Waals surface area contributed by atoms with Crippen molar-refractivity contribution in [1.82, 2.24) is 4.98 Å². The van der Waals surface area contributed by atoms with Crippen LogP contribution in [0.25, 0.3) is 0 Å². The molecule has 0 bridgehead atoms. The van der Waals surface area contributed by atoms with Crippen LogP contribution in [0.3, 0.4) is 0 Å². The Hall–Kier alpha value is -1.09. The predicted molar refractivity (Wildman–Crippen MR) is 60.4 cm³/mol. The molecule has 0 aromatic carbocycles. The Balaban J connectivity index is 2.18. The minimum Gasteiger partial charge on any atom is -0.370 e. The molecule has 3 heteroatoms. The number of unbranched alkanes of at least 4 members (excludes halogenated alkanes) is 2. The van der Waals surface area contributed by atoms with Gasteiger partial charge in [-0.1, -0.05) is 12.5 Å². The number of pyridine rings is 1. The molecular formula is C11H19N3. The fourth-order valence-electron chi connectivity index (χ4n) is 1.30. The topological polar surface area (TPSA) is 50.9 Å². The molecule has 0 saturated heterocycles. The fraction of sp³-hybridized carbons (Fsp3) is 0.545. The van der Waals surface area contributed by atoms with Crippen LogP contribution >= 0.6 is 0 Å². The van der Waals surface area contributed by atoms with Gasteiger partial charge in [0.2, 0.25) is 0 Å². The van der Waals surface area contributed by atoms with Crippen molar-refractivity contribution in [2.45, 2.75) is 26.2 Å². The Bertz CT molecular complexity index is 260. The fourth-order valence-corrected chi connectivity index (χ4v) is 1.30. The second kappa shape index (κ2) is 6.38. The molecule has 0 saturated carbocycles. The lowest BCUT2D eigenvalue weighted by Crippen LogP contribution is -2.05. The van der Waals surface area contributed by atoms with Crippen LogP contribution in [0.2, 0.25) is 0 Å². The predicted octanol–water partition coefficient (Wildman–Crippen LogP) is 1.93. The standard InChI is InChI=1S/C11H19N3/c1-10-6-5-7-11(14-10)13-9-4-2-3-8-12/h5-7H,2-4,8-9,12H2,1H3,(H,13,14). The minimum absolute atomic E-state index is 0.794. The summed E-state index contributed by atoms with van der Waals surface area (Å²) in [4.78, 5) is 4.36. The van der Waals surface area contributed by atoms with Gasteiger partial charge in [0.1, 0.15) is 5.82 Å². The van der Waals surface area contributed by atoms with E-state index in [-0.39, 0.29) is 0 Å². The van der Waals surface area contributed by atoms with Crippen molar-refractivity contribution in [2.75, 3.05) is 18.4 Å². The highest BCUT2D eigenvalue weighted by Gasteiger charge is 1.92. The zero-order valence-corrected chi connectivity index (χ0v) is 8.79. The Morgan fingerprint density at radius 3 is 2.86 bits per heavy atom. The summed E-state index contributed by atoms with van der Waals surface area (Å²) in [5.41, 5.74) is 6.46. The highest BCUT2D eigenvalue weighted by atomic mass is 15.0. The van der Waals surface area contributed by atoms with Gasteiger partial charge in [-0.05, 0) is 38.4 Å². The van der Waals surface area contributed by atoms with Gasteiger partial charge in [-0.15, -0.1) is 0 Å². The molecule has 3 nitrogen and oxygen atoms in total. The number of rotatable bonds is 6. The molecule has 1 rings (SSSR count). The van der Waals surface area contributed by atoms with Crippen LogP contribution in [0.15, 0.2) is 18.2 Å². The van der Waals surface area contributed by atoms with E-state index in [1.807, 2.05) is 25.1 Å². The summed E-state index contributed by atoms with van der Waals surface area (Å²) in [5, 5.41) is 3.29. The van der Waals surface area contributed by atoms with E-state index in [1.54, 1.807) is 0 Å². The van der Waals surface area contributed by atoms with Gasteiger partial charge in [-0.25, -0.2) is 4.98 Å². The highest BCUT2D eigenvalue weighted by molar-refractivity contribution is 5.34. The molecule has 0 radical (unpaired) electrons. The number of nitrogens with two attached hydrogens (primary N) is 1. The molecule has 0 spiro atoms. The Morgan fingerprint density at radius 2 is 2.14 bits per heavy atom. The van der Waals surface area contributed by atoms with Crippen LogP contribution in [-0.4, -0.2) is 18.1 Å². The maximum absolute atomic E-state index is 5.41. The van der Waals surface area contributed by atoms with Gasteiger partial charge in [-0.3, -0.25) is 0 Å². The van der Waals surface area contributed by atoms with Crippen molar-refractivity contribution in [3.8, 4) is 0 Å². The van der Waals surface area contributed by atoms with E-state index in [0.717, 1.165) is 37.4 Å². The first kappa shape index (κ1) is 11.0. The summed E-state index contributed by atoms with van der Waals surface area (Å²) in [6.07, 6.45) is 3.46. The highest BCUT2D eigenvalue weighted by Crippen LogP contribution is 2.04. The Labute approximate surface area is 85.7 Å². The number of anilines is 1. The van der Waals surface area contributed by atoms with E-state index >= 15 is 0 Å². The van der Waals surface area contributed by atoms with Crippen LogP contribution < -0.4 is 11.1 Å². The van der Waals surface area contributed by atoms with E-state index in [4.69, 9.17) is 5.73 Å². The van der Waals surface area contributed by atoms with Crippen LogP contribution in [-0.2, 0) is 0 Å². The average molecular weight is 193 g/mol. The van der Waals surface area contributed by atoms with E-state index < -0.39 is 0 Å². The maximum Gasteiger partial charge on any atom is 0.126 e. The summed E-state index contributed by atoms with van der Waals surface area (Å²) >= 11 is 0. The monoisotopic (exact) mass is 193 g/mol. The SMILES string of the molecule is Cc1cccc(NCCCCCN)n1. The smallest absolute Gasteiger partial charge is 0.126 e. The summed E-state index contributed by atoms with van der Waals surface area (Å²) in [7, 11) is 0. The van der Waals surface area contributed by atoms with Crippen molar-refractivity contribution in [1.29, 1.82) is 0 Å². The minimum atomic E-state index is 0.794. The summed E-state index contributed by atoms with van der Waals surface area (Å²) < 4.78 is 0. The van der Waals surface area contributed by atoms with E-state index in [2.05, 4.69) is 10.3 Å². The normalized spacial score (nSPS) is 10.1. The van der Waals surface area contributed by atoms with Crippen molar-refractivity contribution >= 4 is 5.82 Å². The molecule has 0 fully saturated rings. The first-order chi connectivity index (χ1) is 6.83. The van der Waals surface area contributed by atoms with Crippen LogP contribution in [0.5, 0.6) is 0 Å². The summed E-state index contributed by atoms with van der Waals surface area (Å²) in [6, 6.07) is 6.01. The second-order valence-electron chi connectivity index (χ2n) is 3.44. The molecule has 0 aliphatic carbocycles. The Morgan fingerprint density at radius 1 is 1.29 bits per heavy atom. The maximum atomic E-state index is 5.41. The van der Waals surface area contributed by atoms with Crippen molar-refractivity contribution in [3.63, 3.8) is 0 Å². The molecule has 14 heavy (non-hydrogen) atoms. The first-order valence-corrected chi connectivity index (χ1v) is 5.20. The third kappa shape index (κ3) is 4.23. The van der Waals surface area contributed by atoms with E-state index in [1.165, 1.54) is 6.42 Å². The van der Waals surface area contributed by atoms with Gasteiger partial charge in [0.15, 0.2) is 0 Å². The van der Waals surface area contributed by atoms with E-state index in [0.29, 0.717) is 0 Å². The largest absolute Gasteiger partial charge is 0.370 e. The lowest BCUT2D eigenvalue weighted by atomic mass is 10.2. The zero-order valence-electron chi connectivity index (χ0n) is 8.79. The molecular weight excluding hydrogens is 174 g/mol. The molecule has 3 N–H and O–H groups in total. The third-order valence-corrected chi connectivity index (χ3v) is 2.08. The number of aromatic nitrogens is 1. The molecule has 0 atom stereocenters. The lowest BCUT2D eigenvalue weighted by Gasteiger charge is -2.05. The van der Waals surface area contributed by atoms with Crippen LogP contribution in [0.1, 0.15) is 25.0 Å². The molecule has 78 valence electrons. The van der Waals surface area contributed by atoms with Gasteiger partial charge < -0.3 is 11.1 Å². The van der Waals surface area contributed by atoms with Gasteiger partial charge in [0.25, 0.3) is 0 Å². The molecule has 0 amide bonds. The molecule has 1 aromatic rings. The van der Waals surface area contributed by atoms with E-state index in [9.17, 15) is 0 Å². The van der Waals surface area contributed by atoms with Gasteiger partial charge in [0.05, 0.1) is 0 Å². The number of hydrogen-bond acceptors (Lipinski definition) is 3. The Kier molecular flexibility index (Phi) is 5.00. The number of hydrogen-bond donors (Lipinski definition) is 2. The molecule has 0 unspecified atom stereocenters. The molecule has 0 aliphatic heterocycles. The number of nitrogens with zero attached hydrogens (tertiary/aromatic N) is 1. The molecule has 1 heterocycles. The number of aryl methyl sites for hydroxylation is 1. The van der Waals surface area contributed by atoms with Gasteiger partial charge in [-0.2, -0.15) is 0 Å². The van der Waals surface area contributed by atoms with Crippen LogP contribution in [0, 0.1) is 6.92 Å².